The zero-order valence-corrected chi connectivity index (χ0v) is 12.7. The summed E-state index contributed by atoms with van der Waals surface area (Å²) in [5.41, 5.74) is 0.526. The lowest BCUT2D eigenvalue weighted by molar-refractivity contribution is -0.138. The van der Waals surface area contributed by atoms with Crippen molar-refractivity contribution < 1.29 is 19.5 Å². The van der Waals surface area contributed by atoms with E-state index in [9.17, 15) is 14.4 Å². The molecule has 1 atom stereocenters. The van der Waals surface area contributed by atoms with Crippen LogP contribution < -0.4 is 10.6 Å². The molecule has 1 aromatic rings. The van der Waals surface area contributed by atoms with Crippen molar-refractivity contribution in [3.8, 4) is 0 Å². The summed E-state index contributed by atoms with van der Waals surface area (Å²) in [6.07, 6.45) is 0. The Balaban J connectivity index is 2.94. The minimum atomic E-state index is -1.15. The molecule has 0 radical (unpaired) electrons. The molecule has 1 unspecified atom stereocenters. The molecule has 2 amide bonds. The normalized spacial score (nSPS) is 11.9. The summed E-state index contributed by atoms with van der Waals surface area (Å²) in [5, 5.41) is 13.9. The first kappa shape index (κ1) is 17.0. The Hall–Kier alpha value is -2.08. The molecule has 7 heteroatoms. The third-order valence-electron chi connectivity index (χ3n) is 2.72. The number of carbonyl (C=O) groups excluding carboxylic acids is 2. The third-order valence-corrected chi connectivity index (χ3v) is 3.05. The van der Waals surface area contributed by atoms with Gasteiger partial charge in [0.2, 0.25) is 5.91 Å². The van der Waals surface area contributed by atoms with E-state index in [4.69, 9.17) is 16.7 Å². The van der Waals surface area contributed by atoms with Gasteiger partial charge in [-0.1, -0.05) is 25.4 Å². The molecule has 0 aliphatic heterocycles. The Labute approximate surface area is 127 Å². The number of nitrogens with one attached hydrogen (secondary N) is 2. The average Bonchev–Trinajstić information content (AvgIpc) is 2.40. The highest BCUT2D eigenvalue weighted by molar-refractivity contribution is 6.34. The fraction of sp³-hybridized carbons (Fsp3) is 0.357. The summed E-state index contributed by atoms with van der Waals surface area (Å²) in [5.74, 6) is -2.16. The summed E-state index contributed by atoms with van der Waals surface area (Å²) in [4.78, 5) is 34.3. The molecule has 3 N–H and O–H groups in total. The van der Waals surface area contributed by atoms with Crippen molar-refractivity contribution in [2.24, 2.45) is 5.92 Å². The number of rotatable bonds is 5. The van der Waals surface area contributed by atoms with Crippen LogP contribution in [0.3, 0.4) is 0 Å². The van der Waals surface area contributed by atoms with Crippen LogP contribution in [-0.2, 0) is 9.59 Å². The molecule has 0 saturated heterocycles. The zero-order chi connectivity index (χ0) is 16.2. The molecule has 114 valence electrons. The van der Waals surface area contributed by atoms with E-state index in [-0.39, 0.29) is 22.4 Å². The summed E-state index contributed by atoms with van der Waals surface area (Å²) < 4.78 is 0. The topological polar surface area (TPSA) is 95.5 Å². The van der Waals surface area contributed by atoms with E-state index in [1.165, 1.54) is 19.1 Å². The lowest BCUT2D eigenvalue weighted by atomic mass is 10.1. The first-order valence-corrected chi connectivity index (χ1v) is 6.74. The molecule has 1 aromatic carbocycles. The number of carboxylic acid groups (broad SMARTS) is 1. The maximum absolute atomic E-state index is 12.0. The SMILES string of the molecule is CC(C)C(=O)Nc1ccc(Cl)c(C(=O)NC(C)C(=O)O)c1. The van der Waals surface area contributed by atoms with Gasteiger partial charge in [0.05, 0.1) is 10.6 Å². The van der Waals surface area contributed by atoms with E-state index >= 15 is 0 Å². The minimum Gasteiger partial charge on any atom is -0.480 e. The molecule has 1 rings (SSSR count). The maximum Gasteiger partial charge on any atom is 0.325 e. The van der Waals surface area contributed by atoms with E-state index in [1.807, 2.05) is 0 Å². The number of aliphatic carboxylic acids is 1. The van der Waals surface area contributed by atoms with Crippen molar-refractivity contribution >= 4 is 35.1 Å². The number of carboxylic acids is 1. The van der Waals surface area contributed by atoms with E-state index in [0.717, 1.165) is 0 Å². The van der Waals surface area contributed by atoms with E-state index in [1.54, 1.807) is 19.9 Å². The molecule has 0 heterocycles. The molecule has 21 heavy (non-hydrogen) atoms. The fourth-order valence-corrected chi connectivity index (χ4v) is 1.60. The van der Waals surface area contributed by atoms with Crippen LogP contribution in [0.2, 0.25) is 5.02 Å². The first-order valence-electron chi connectivity index (χ1n) is 6.36. The molecular formula is C14H17ClN2O4. The van der Waals surface area contributed by atoms with Crippen LogP contribution in [0.4, 0.5) is 5.69 Å². The van der Waals surface area contributed by atoms with Gasteiger partial charge in [-0.05, 0) is 25.1 Å². The lowest BCUT2D eigenvalue weighted by Crippen LogP contribution is -2.38. The maximum atomic E-state index is 12.0. The van der Waals surface area contributed by atoms with Gasteiger partial charge in [0.25, 0.3) is 5.91 Å². The second-order valence-electron chi connectivity index (χ2n) is 4.87. The predicted molar refractivity (Wildman–Crippen MR) is 79.5 cm³/mol. The largest absolute Gasteiger partial charge is 0.480 e. The fourth-order valence-electron chi connectivity index (χ4n) is 1.40. The average molecular weight is 313 g/mol. The Kier molecular flexibility index (Phi) is 5.72. The van der Waals surface area contributed by atoms with Gasteiger partial charge >= 0.3 is 5.97 Å². The summed E-state index contributed by atoms with van der Waals surface area (Å²) in [6, 6.07) is 3.41. The summed E-state index contributed by atoms with van der Waals surface area (Å²) in [7, 11) is 0. The van der Waals surface area contributed by atoms with Crippen molar-refractivity contribution in [1.82, 2.24) is 5.32 Å². The van der Waals surface area contributed by atoms with Gasteiger partial charge in [0.15, 0.2) is 0 Å². The second kappa shape index (κ2) is 7.08. The molecule has 0 saturated carbocycles. The van der Waals surface area contributed by atoms with Crippen molar-refractivity contribution in [2.75, 3.05) is 5.32 Å². The Morgan fingerprint density at radius 3 is 2.33 bits per heavy atom. The number of halogens is 1. The Morgan fingerprint density at radius 1 is 1.19 bits per heavy atom. The number of carbonyl (C=O) groups is 3. The smallest absolute Gasteiger partial charge is 0.325 e. The van der Waals surface area contributed by atoms with Crippen molar-refractivity contribution in [1.29, 1.82) is 0 Å². The lowest BCUT2D eigenvalue weighted by Gasteiger charge is -2.12. The summed E-state index contributed by atoms with van der Waals surface area (Å²) in [6.45, 7) is 4.83. The molecular weight excluding hydrogens is 296 g/mol. The van der Waals surface area contributed by atoms with Crippen LogP contribution in [0, 0.1) is 5.92 Å². The van der Waals surface area contributed by atoms with Crippen molar-refractivity contribution in [3.63, 3.8) is 0 Å². The summed E-state index contributed by atoms with van der Waals surface area (Å²) >= 11 is 5.93. The minimum absolute atomic E-state index is 0.103. The van der Waals surface area contributed by atoms with Crippen LogP contribution >= 0.6 is 11.6 Å². The first-order chi connectivity index (χ1) is 9.72. The van der Waals surface area contributed by atoms with Crippen LogP contribution in [0.15, 0.2) is 18.2 Å². The number of benzene rings is 1. The van der Waals surface area contributed by atoms with E-state index in [2.05, 4.69) is 10.6 Å². The Bertz CT molecular complexity index is 572. The second-order valence-corrected chi connectivity index (χ2v) is 5.28. The van der Waals surface area contributed by atoms with Crippen LogP contribution in [0.5, 0.6) is 0 Å². The highest BCUT2D eigenvalue weighted by Gasteiger charge is 2.18. The molecule has 6 nitrogen and oxygen atoms in total. The van der Waals surface area contributed by atoms with Crippen LogP contribution in [-0.4, -0.2) is 28.9 Å². The number of anilines is 1. The molecule has 0 aromatic heterocycles. The molecule has 0 aliphatic rings. The predicted octanol–water partition coefficient (Wildman–Crippen LogP) is 2.14. The van der Waals surface area contributed by atoms with Crippen molar-refractivity contribution in [2.45, 2.75) is 26.8 Å². The Morgan fingerprint density at radius 2 is 1.81 bits per heavy atom. The van der Waals surface area contributed by atoms with Gasteiger partial charge in [-0.25, -0.2) is 0 Å². The van der Waals surface area contributed by atoms with Gasteiger partial charge in [0.1, 0.15) is 6.04 Å². The number of hydrogen-bond acceptors (Lipinski definition) is 3. The molecule has 0 fully saturated rings. The monoisotopic (exact) mass is 312 g/mol. The van der Waals surface area contributed by atoms with Gasteiger partial charge in [-0.15, -0.1) is 0 Å². The van der Waals surface area contributed by atoms with Gasteiger partial charge in [0, 0.05) is 11.6 Å². The molecule has 0 aliphatic carbocycles. The van der Waals surface area contributed by atoms with Gasteiger partial charge in [-0.2, -0.15) is 0 Å². The van der Waals surface area contributed by atoms with Gasteiger partial charge < -0.3 is 15.7 Å². The molecule has 0 bridgehead atoms. The molecule has 0 spiro atoms. The quantitative estimate of drug-likeness (QED) is 0.776. The highest BCUT2D eigenvalue weighted by Crippen LogP contribution is 2.21. The van der Waals surface area contributed by atoms with E-state index < -0.39 is 17.9 Å². The highest BCUT2D eigenvalue weighted by atomic mass is 35.5. The van der Waals surface area contributed by atoms with Crippen LogP contribution in [0.25, 0.3) is 0 Å². The van der Waals surface area contributed by atoms with E-state index in [0.29, 0.717) is 5.69 Å². The standard InChI is InChI=1S/C14H17ClN2O4/c1-7(2)12(18)17-9-4-5-11(15)10(6-9)13(19)16-8(3)14(20)21/h4-8H,1-3H3,(H,16,19)(H,17,18)(H,20,21). The number of hydrogen-bond donors (Lipinski definition) is 3. The van der Waals surface area contributed by atoms with Crippen molar-refractivity contribution in [3.05, 3.63) is 28.8 Å². The zero-order valence-electron chi connectivity index (χ0n) is 11.9. The van der Waals surface area contributed by atoms with Crippen LogP contribution in [0.1, 0.15) is 31.1 Å². The third kappa shape index (κ3) is 4.75. The number of amides is 2. The van der Waals surface area contributed by atoms with Gasteiger partial charge in [-0.3, -0.25) is 14.4 Å².